The number of nitrogens with zero attached hydrogens (tertiary/aromatic N) is 2. The molecular formula is C32H42N6O5. The highest BCUT2D eigenvalue weighted by Crippen LogP contribution is 2.38. The minimum absolute atomic E-state index is 0.0689. The van der Waals surface area contributed by atoms with E-state index in [1.165, 1.54) is 6.92 Å². The van der Waals surface area contributed by atoms with Gasteiger partial charge in [0, 0.05) is 13.5 Å². The lowest BCUT2D eigenvalue weighted by Gasteiger charge is -2.33. The number of nitrogens with one attached hydrogen (secondary N) is 4. The Morgan fingerprint density at radius 3 is 2.26 bits per heavy atom. The molecule has 2 aliphatic heterocycles. The molecule has 2 atom stereocenters. The Kier molecular flexibility index (Phi) is 10.9. The number of para-hydroxylation sites is 3. The molecule has 5 amide bonds. The van der Waals surface area contributed by atoms with Crippen LogP contribution in [0.25, 0.3) is 0 Å². The highest BCUT2D eigenvalue weighted by molar-refractivity contribution is 6.17. The first-order chi connectivity index (χ1) is 20.6. The number of hydrogen-bond donors (Lipinski definition) is 4. The molecule has 2 aromatic carbocycles. The molecule has 1 fully saturated rings. The van der Waals surface area contributed by atoms with E-state index in [4.69, 9.17) is 0 Å². The fourth-order valence-electron chi connectivity index (χ4n) is 5.62. The lowest BCUT2D eigenvalue weighted by molar-refractivity contribution is -0.131. The van der Waals surface area contributed by atoms with E-state index >= 15 is 0 Å². The van der Waals surface area contributed by atoms with Crippen molar-refractivity contribution in [3.63, 3.8) is 0 Å². The fourth-order valence-corrected chi connectivity index (χ4v) is 5.62. The van der Waals surface area contributed by atoms with Gasteiger partial charge in [0.2, 0.25) is 23.6 Å². The van der Waals surface area contributed by atoms with Gasteiger partial charge < -0.3 is 21.3 Å². The van der Waals surface area contributed by atoms with E-state index in [2.05, 4.69) is 26.2 Å². The number of likely N-dealkylation sites (tertiary alicyclic amines) is 1. The molecule has 11 nitrogen and oxygen atoms in total. The van der Waals surface area contributed by atoms with E-state index in [1.807, 2.05) is 36.4 Å². The van der Waals surface area contributed by atoms with Crippen molar-refractivity contribution in [3.8, 4) is 0 Å². The Morgan fingerprint density at radius 2 is 1.53 bits per heavy atom. The van der Waals surface area contributed by atoms with Gasteiger partial charge in [0.25, 0.3) is 5.91 Å². The van der Waals surface area contributed by atoms with Gasteiger partial charge in [-0.1, -0.05) is 37.1 Å². The van der Waals surface area contributed by atoms with Crippen LogP contribution in [-0.4, -0.2) is 72.7 Å². The summed E-state index contributed by atoms with van der Waals surface area (Å²) >= 11 is 0. The topological polar surface area (TPSA) is 140 Å². The van der Waals surface area contributed by atoms with Crippen LogP contribution in [-0.2, 0) is 19.2 Å². The Morgan fingerprint density at radius 1 is 0.884 bits per heavy atom. The van der Waals surface area contributed by atoms with Crippen LogP contribution in [0.1, 0.15) is 63.2 Å². The largest absolute Gasteiger partial charge is 0.354 e. The minimum Gasteiger partial charge on any atom is -0.354 e. The number of unbranched alkanes of at least 4 members (excludes halogenated alkanes) is 1. The van der Waals surface area contributed by atoms with Crippen LogP contribution in [0.2, 0.25) is 0 Å². The summed E-state index contributed by atoms with van der Waals surface area (Å²) in [6.45, 7) is 6.98. The van der Waals surface area contributed by atoms with Crippen molar-refractivity contribution in [1.82, 2.24) is 20.9 Å². The molecule has 43 heavy (non-hydrogen) atoms. The molecule has 11 heteroatoms. The molecule has 2 aliphatic rings. The summed E-state index contributed by atoms with van der Waals surface area (Å²) in [6, 6.07) is 13.2. The van der Waals surface area contributed by atoms with Gasteiger partial charge in [-0.3, -0.25) is 33.8 Å². The number of carbonyl (C=O) groups excluding carboxylic acids is 5. The third kappa shape index (κ3) is 8.41. The molecule has 0 bridgehead atoms. The van der Waals surface area contributed by atoms with Crippen molar-refractivity contribution in [3.05, 3.63) is 54.1 Å². The summed E-state index contributed by atoms with van der Waals surface area (Å²) < 4.78 is 0. The monoisotopic (exact) mass is 590 g/mol. The Balaban J connectivity index is 1.19. The van der Waals surface area contributed by atoms with Crippen LogP contribution in [0.3, 0.4) is 0 Å². The van der Waals surface area contributed by atoms with Crippen molar-refractivity contribution >= 4 is 46.6 Å². The first-order valence-corrected chi connectivity index (χ1v) is 15.0. The third-order valence-electron chi connectivity index (χ3n) is 8.00. The zero-order valence-corrected chi connectivity index (χ0v) is 25.2. The fraction of sp³-hybridized carbons (Fsp3) is 0.469. The number of amides is 5. The first-order valence-electron chi connectivity index (χ1n) is 15.0. The first kappa shape index (κ1) is 31.7. The van der Waals surface area contributed by atoms with Gasteiger partial charge in [0.1, 0.15) is 12.1 Å². The second-order valence-corrected chi connectivity index (χ2v) is 11.4. The summed E-state index contributed by atoms with van der Waals surface area (Å²) in [4.78, 5) is 65.9. The van der Waals surface area contributed by atoms with Gasteiger partial charge in [-0.05, 0) is 76.4 Å². The molecule has 0 spiro atoms. The minimum atomic E-state index is -0.706. The molecule has 0 aliphatic carbocycles. The molecule has 4 rings (SSSR count). The molecule has 0 saturated carbocycles. The average Bonchev–Trinajstić information content (AvgIpc) is 3.11. The zero-order chi connectivity index (χ0) is 30.9. The molecule has 0 radical (unpaired) electrons. The average molecular weight is 591 g/mol. The number of rotatable bonds is 11. The molecule has 2 heterocycles. The zero-order valence-electron chi connectivity index (χ0n) is 25.2. The second kappa shape index (κ2) is 14.8. The van der Waals surface area contributed by atoms with E-state index in [9.17, 15) is 24.0 Å². The second-order valence-electron chi connectivity index (χ2n) is 11.4. The Bertz CT molecular complexity index is 1340. The normalized spacial score (nSPS) is 16.5. The van der Waals surface area contributed by atoms with Crippen molar-refractivity contribution in [2.45, 2.75) is 65.0 Å². The molecule has 0 aromatic heterocycles. The van der Waals surface area contributed by atoms with Crippen LogP contribution in [0, 0.1) is 5.92 Å². The van der Waals surface area contributed by atoms with Crippen LogP contribution in [0.4, 0.5) is 17.1 Å². The lowest BCUT2D eigenvalue weighted by Crippen LogP contribution is -2.51. The van der Waals surface area contributed by atoms with E-state index in [0.29, 0.717) is 35.1 Å². The summed E-state index contributed by atoms with van der Waals surface area (Å²) in [6.07, 6.45) is 4.88. The van der Waals surface area contributed by atoms with Crippen LogP contribution < -0.4 is 26.2 Å². The van der Waals surface area contributed by atoms with E-state index in [1.54, 1.807) is 30.9 Å². The van der Waals surface area contributed by atoms with Crippen molar-refractivity contribution in [2.75, 3.05) is 36.4 Å². The number of benzene rings is 2. The number of carbonyl (C=O) groups is 5. The maximum atomic E-state index is 13.7. The number of anilines is 3. The molecule has 2 aromatic rings. The molecule has 1 saturated heterocycles. The Hall–Kier alpha value is -4.25. The van der Waals surface area contributed by atoms with E-state index < -0.39 is 18.0 Å². The molecule has 230 valence electrons. The van der Waals surface area contributed by atoms with E-state index in [-0.39, 0.29) is 30.2 Å². The van der Waals surface area contributed by atoms with Crippen molar-refractivity contribution < 1.29 is 24.0 Å². The highest BCUT2D eigenvalue weighted by Gasteiger charge is 2.31. The summed E-state index contributed by atoms with van der Waals surface area (Å²) in [5, 5.41) is 10.9. The molecule has 0 unspecified atom stereocenters. The van der Waals surface area contributed by atoms with Gasteiger partial charge in [0.05, 0.1) is 29.2 Å². The van der Waals surface area contributed by atoms with E-state index in [0.717, 1.165) is 45.2 Å². The van der Waals surface area contributed by atoms with Gasteiger partial charge in [-0.15, -0.1) is 0 Å². The lowest BCUT2D eigenvalue weighted by atomic mass is 9.91. The number of hydrogen-bond acceptors (Lipinski definition) is 6. The summed E-state index contributed by atoms with van der Waals surface area (Å²) in [7, 11) is 0. The van der Waals surface area contributed by atoms with Crippen LogP contribution in [0.5, 0.6) is 0 Å². The van der Waals surface area contributed by atoms with Crippen LogP contribution >= 0.6 is 0 Å². The predicted molar refractivity (Wildman–Crippen MR) is 165 cm³/mol. The molecule has 4 N–H and O–H groups in total. The third-order valence-corrected chi connectivity index (χ3v) is 8.00. The van der Waals surface area contributed by atoms with Gasteiger partial charge >= 0.3 is 0 Å². The quantitative estimate of drug-likeness (QED) is 0.297. The number of piperidine rings is 1. The Labute approximate surface area is 252 Å². The van der Waals surface area contributed by atoms with Crippen molar-refractivity contribution in [1.29, 1.82) is 0 Å². The van der Waals surface area contributed by atoms with Gasteiger partial charge in [-0.25, -0.2) is 0 Å². The maximum absolute atomic E-state index is 13.7. The highest BCUT2D eigenvalue weighted by atomic mass is 16.2. The smallest absolute Gasteiger partial charge is 0.257 e. The summed E-state index contributed by atoms with van der Waals surface area (Å²) in [5.41, 5.74) is 2.35. The van der Waals surface area contributed by atoms with Gasteiger partial charge in [0.15, 0.2) is 0 Å². The number of fused-ring (bicyclic) bond motifs is 2. The van der Waals surface area contributed by atoms with Crippen LogP contribution in [0.15, 0.2) is 48.5 Å². The van der Waals surface area contributed by atoms with Crippen molar-refractivity contribution in [2.24, 2.45) is 5.92 Å². The SMILES string of the molecule is CC(=O)N[C@@H](C)C(=O)N[C@@H](C)C(=O)NCCCCC1CCN(CC(=O)N2c3ccccc3NC(=O)c3ccccc32)CC1. The molecular weight excluding hydrogens is 548 g/mol. The van der Waals surface area contributed by atoms with Gasteiger partial charge in [-0.2, -0.15) is 0 Å². The summed E-state index contributed by atoms with van der Waals surface area (Å²) in [5.74, 6) is -0.693. The standard InChI is InChI=1S/C32H42N6O5/c1-21(35-31(42)22(2)34-23(3)39)30(41)33-17-9-8-10-24-15-18-37(19-16-24)20-29(40)38-27-13-6-4-11-25(27)32(43)36-26-12-5-7-14-28(26)38/h4-7,11-14,21-22,24H,8-10,15-20H2,1-3H3,(H,33,41)(H,34,39)(H,35,42)(H,36,43)/t21-,22-/m0/s1. The maximum Gasteiger partial charge on any atom is 0.257 e. The predicted octanol–water partition coefficient (Wildman–Crippen LogP) is 2.94.